The van der Waals surface area contributed by atoms with Crippen LogP contribution in [-0.4, -0.2) is 36.2 Å². The van der Waals surface area contributed by atoms with Crippen LogP contribution in [0.25, 0.3) is 0 Å². The van der Waals surface area contributed by atoms with Gasteiger partial charge < -0.3 is 14.8 Å². The van der Waals surface area contributed by atoms with Crippen LogP contribution < -0.4 is 20.2 Å². The molecule has 0 aliphatic heterocycles. The van der Waals surface area contributed by atoms with Gasteiger partial charge in [-0.2, -0.15) is 5.10 Å². The molecule has 0 fully saturated rings. The summed E-state index contributed by atoms with van der Waals surface area (Å²) in [5.41, 5.74) is 3.28. The Hall–Kier alpha value is -2.99. The lowest BCUT2D eigenvalue weighted by atomic mass is 10.2. The van der Waals surface area contributed by atoms with Crippen LogP contribution in [0.2, 0.25) is 0 Å². The van der Waals surface area contributed by atoms with Gasteiger partial charge in [0.1, 0.15) is 17.2 Å². The number of ether oxygens (including phenoxy) is 2. The van der Waals surface area contributed by atoms with Crippen molar-refractivity contribution in [3.63, 3.8) is 0 Å². The van der Waals surface area contributed by atoms with E-state index in [-0.39, 0.29) is 24.4 Å². The fourth-order valence-electron chi connectivity index (χ4n) is 2.44. The van der Waals surface area contributed by atoms with Crippen LogP contribution in [0.3, 0.4) is 0 Å². The summed E-state index contributed by atoms with van der Waals surface area (Å²) in [6, 6.07) is 7.68. The smallest absolute Gasteiger partial charge is 0.296 e. The number of hydrazone groups is 1. The Balaban J connectivity index is 1.90. The first kappa shape index (κ1) is 25.3. The van der Waals surface area contributed by atoms with E-state index in [0.717, 1.165) is 10.0 Å². The van der Waals surface area contributed by atoms with Crippen LogP contribution >= 0.6 is 31.9 Å². The highest BCUT2D eigenvalue weighted by molar-refractivity contribution is 9.11. The van der Waals surface area contributed by atoms with E-state index < -0.39 is 16.7 Å². The van der Waals surface area contributed by atoms with E-state index in [1.165, 1.54) is 32.2 Å². The molecule has 2 rings (SSSR count). The molecule has 2 aromatic rings. The molecule has 0 bridgehead atoms. The number of benzene rings is 2. The van der Waals surface area contributed by atoms with Gasteiger partial charge in [0.25, 0.3) is 11.6 Å². The Kier molecular flexibility index (Phi) is 9.14. The van der Waals surface area contributed by atoms with Crippen molar-refractivity contribution in [2.24, 2.45) is 5.10 Å². The first-order valence-electron chi connectivity index (χ1n) is 9.13. The third-order valence-electron chi connectivity index (χ3n) is 4.04. The Morgan fingerprint density at radius 3 is 2.53 bits per heavy atom. The molecule has 0 saturated heterocycles. The van der Waals surface area contributed by atoms with Gasteiger partial charge in [0.2, 0.25) is 5.91 Å². The zero-order valence-corrected chi connectivity index (χ0v) is 20.6. The summed E-state index contributed by atoms with van der Waals surface area (Å²) in [7, 11) is 1.38. The summed E-state index contributed by atoms with van der Waals surface area (Å²) in [4.78, 5) is 34.8. The largest absolute Gasteiger partial charge is 0.496 e. The highest BCUT2D eigenvalue weighted by Crippen LogP contribution is 2.31. The van der Waals surface area contributed by atoms with Gasteiger partial charge in [0.05, 0.1) is 29.0 Å². The van der Waals surface area contributed by atoms with E-state index in [0.29, 0.717) is 21.7 Å². The molecule has 2 N–H and O–H groups in total. The second kappa shape index (κ2) is 11.6. The quantitative estimate of drug-likeness (QED) is 0.261. The lowest BCUT2D eigenvalue weighted by molar-refractivity contribution is -0.384. The number of halogens is 2. The second-order valence-corrected chi connectivity index (χ2v) is 8.28. The van der Waals surface area contributed by atoms with Crippen molar-refractivity contribution >= 4 is 60.8 Å². The number of rotatable bonds is 9. The van der Waals surface area contributed by atoms with Gasteiger partial charge in [0.15, 0.2) is 6.61 Å². The van der Waals surface area contributed by atoms with Crippen molar-refractivity contribution in [3.05, 3.63) is 55.0 Å². The molecule has 170 valence electrons. The summed E-state index contributed by atoms with van der Waals surface area (Å²) in [6.07, 6.45) is -0.179. The lowest BCUT2D eigenvalue weighted by Gasteiger charge is -2.10. The van der Waals surface area contributed by atoms with E-state index in [9.17, 15) is 19.7 Å². The molecule has 0 aromatic heterocycles. The van der Waals surface area contributed by atoms with Crippen molar-refractivity contribution in [2.75, 3.05) is 19.0 Å². The highest BCUT2D eigenvalue weighted by Gasteiger charge is 2.17. The van der Waals surface area contributed by atoms with Crippen LogP contribution in [0.15, 0.2) is 44.4 Å². The number of nitrogens with one attached hydrogen (secondary N) is 2. The minimum Gasteiger partial charge on any atom is -0.496 e. The summed E-state index contributed by atoms with van der Waals surface area (Å²) < 4.78 is 12.0. The van der Waals surface area contributed by atoms with Gasteiger partial charge in [-0.3, -0.25) is 19.7 Å². The van der Waals surface area contributed by atoms with E-state index in [1.807, 2.05) is 13.0 Å². The normalized spacial score (nSPS) is 11.0. The maximum Gasteiger partial charge on any atom is 0.296 e. The number of hydrogen-bond acceptors (Lipinski definition) is 7. The Labute approximate surface area is 200 Å². The molecular formula is C20H20Br2N4O6. The maximum absolute atomic E-state index is 12.2. The van der Waals surface area contributed by atoms with Gasteiger partial charge in [-0.05, 0) is 59.6 Å². The molecule has 0 atom stereocenters. The van der Waals surface area contributed by atoms with E-state index in [1.54, 1.807) is 6.07 Å². The van der Waals surface area contributed by atoms with Gasteiger partial charge in [-0.15, -0.1) is 0 Å². The topological polar surface area (TPSA) is 132 Å². The number of amides is 2. The number of nitro benzene ring substituents is 1. The van der Waals surface area contributed by atoms with E-state index in [2.05, 4.69) is 47.7 Å². The zero-order valence-electron chi connectivity index (χ0n) is 17.4. The molecule has 0 heterocycles. The van der Waals surface area contributed by atoms with Crippen LogP contribution in [0.5, 0.6) is 11.5 Å². The number of anilines is 1. The summed E-state index contributed by atoms with van der Waals surface area (Å²) in [6.45, 7) is 3.15. The highest BCUT2D eigenvalue weighted by atomic mass is 79.9. The minimum absolute atomic E-state index is 0.0291. The Morgan fingerprint density at radius 2 is 1.88 bits per heavy atom. The average Bonchev–Trinajstić information content (AvgIpc) is 2.73. The number of nitro groups is 1. The molecule has 12 heteroatoms. The van der Waals surface area contributed by atoms with Gasteiger partial charge in [-0.25, -0.2) is 5.43 Å². The fourth-order valence-corrected chi connectivity index (χ4v) is 3.54. The monoisotopic (exact) mass is 570 g/mol. The van der Waals surface area contributed by atoms with Crippen LogP contribution in [-0.2, 0) is 9.59 Å². The minimum atomic E-state index is -0.620. The van der Waals surface area contributed by atoms with Gasteiger partial charge in [0, 0.05) is 10.2 Å². The predicted molar refractivity (Wildman–Crippen MR) is 126 cm³/mol. The first-order chi connectivity index (χ1) is 15.1. The third-order valence-corrected chi connectivity index (χ3v) is 5.51. The third kappa shape index (κ3) is 7.31. The average molecular weight is 572 g/mol. The Morgan fingerprint density at radius 1 is 1.16 bits per heavy atom. The fraction of sp³-hybridized carbons (Fsp3) is 0.250. The second-order valence-electron chi connectivity index (χ2n) is 6.57. The zero-order chi connectivity index (χ0) is 23.8. The van der Waals surface area contributed by atoms with Crippen molar-refractivity contribution in [1.29, 1.82) is 0 Å². The van der Waals surface area contributed by atoms with Crippen LogP contribution in [0.4, 0.5) is 11.4 Å². The number of hydrogen-bond donors (Lipinski definition) is 2. The molecule has 0 radical (unpaired) electrons. The molecule has 2 aromatic carbocycles. The van der Waals surface area contributed by atoms with Crippen LogP contribution in [0, 0.1) is 17.0 Å². The summed E-state index contributed by atoms with van der Waals surface area (Å²) >= 11 is 6.77. The van der Waals surface area contributed by atoms with Crippen molar-refractivity contribution in [1.82, 2.24) is 5.43 Å². The lowest BCUT2D eigenvalue weighted by Crippen LogP contribution is -2.26. The molecular weight excluding hydrogens is 552 g/mol. The molecule has 0 saturated carbocycles. The van der Waals surface area contributed by atoms with E-state index >= 15 is 0 Å². The number of aryl methyl sites for hydroxylation is 1. The number of nitrogens with zero attached hydrogens (tertiary/aromatic N) is 2. The Bertz CT molecular complexity index is 1070. The summed E-state index contributed by atoms with van der Waals surface area (Å²) in [5.74, 6) is -0.243. The molecule has 2 amide bonds. The molecule has 0 aliphatic carbocycles. The standard InChI is InChI=1S/C20H20Br2N4O6/c1-11-6-18(15(22)9-14(11)21)32-10-20(28)25-24-12(2)7-19(27)23-16-5-4-13(31-3)8-17(16)26(29)30/h4-6,8-9H,7,10H2,1-3H3,(H,23,27)(H,25,28)/b24-12+. The summed E-state index contributed by atoms with van der Waals surface area (Å²) in [5, 5.41) is 17.5. The first-order valence-corrected chi connectivity index (χ1v) is 10.7. The maximum atomic E-state index is 12.2. The van der Waals surface area contributed by atoms with Crippen LogP contribution in [0.1, 0.15) is 18.9 Å². The van der Waals surface area contributed by atoms with Crippen molar-refractivity contribution in [2.45, 2.75) is 20.3 Å². The molecule has 0 spiro atoms. The SMILES string of the molecule is COc1ccc(NC(=O)C/C(C)=N/NC(=O)COc2cc(C)c(Br)cc2Br)c([N+](=O)[O-])c1. The molecule has 10 nitrogen and oxygen atoms in total. The molecule has 0 aliphatic rings. The molecule has 0 unspecified atom stereocenters. The molecule has 32 heavy (non-hydrogen) atoms. The number of methoxy groups -OCH3 is 1. The number of carbonyl (C=O) groups excluding carboxylic acids is 2. The van der Waals surface area contributed by atoms with Crippen molar-refractivity contribution in [3.8, 4) is 11.5 Å². The van der Waals surface area contributed by atoms with Gasteiger partial charge >= 0.3 is 0 Å². The number of carbonyl (C=O) groups is 2. The van der Waals surface area contributed by atoms with Crippen molar-refractivity contribution < 1.29 is 24.0 Å². The van der Waals surface area contributed by atoms with Gasteiger partial charge in [-0.1, -0.05) is 15.9 Å². The van der Waals surface area contributed by atoms with E-state index in [4.69, 9.17) is 9.47 Å². The predicted octanol–water partition coefficient (Wildman–Crippen LogP) is 4.34.